The molecule has 2 aromatic heterocycles. The van der Waals surface area contributed by atoms with Crippen LogP contribution in [0.2, 0.25) is 5.02 Å². The second-order valence-corrected chi connectivity index (χ2v) is 8.79. The highest BCUT2D eigenvalue weighted by molar-refractivity contribution is 7.99. The van der Waals surface area contributed by atoms with Gasteiger partial charge in [-0.3, -0.25) is 14.2 Å². The highest BCUT2D eigenvalue weighted by atomic mass is 35.5. The van der Waals surface area contributed by atoms with Crippen LogP contribution in [0.3, 0.4) is 0 Å². The van der Waals surface area contributed by atoms with Crippen molar-refractivity contribution in [1.82, 2.24) is 9.55 Å². The van der Waals surface area contributed by atoms with Crippen LogP contribution >= 0.6 is 34.7 Å². The second kappa shape index (κ2) is 8.04. The van der Waals surface area contributed by atoms with Crippen LogP contribution in [0.15, 0.2) is 28.2 Å². The number of thiophene rings is 1. The second-order valence-electron chi connectivity index (χ2n) is 6.20. The van der Waals surface area contributed by atoms with Crippen LogP contribution in [0, 0.1) is 20.8 Å². The van der Waals surface area contributed by atoms with Crippen molar-refractivity contribution in [2.75, 3.05) is 11.1 Å². The smallest absolute Gasteiger partial charge is 0.263 e. The van der Waals surface area contributed by atoms with Crippen LogP contribution < -0.4 is 10.9 Å². The van der Waals surface area contributed by atoms with Crippen molar-refractivity contribution in [2.45, 2.75) is 39.4 Å². The lowest BCUT2D eigenvalue weighted by atomic mass is 10.2. The maximum atomic E-state index is 12.8. The van der Waals surface area contributed by atoms with Gasteiger partial charge in [-0.05, 0) is 57.0 Å². The van der Waals surface area contributed by atoms with Gasteiger partial charge in [-0.15, -0.1) is 11.3 Å². The summed E-state index contributed by atoms with van der Waals surface area (Å²) in [6.45, 7) is 8.25. The summed E-state index contributed by atoms with van der Waals surface area (Å²) < 4.78 is 1.63. The molecule has 3 aromatic rings. The van der Waals surface area contributed by atoms with Crippen LogP contribution in [-0.4, -0.2) is 21.2 Å². The third-order valence-corrected chi connectivity index (χ3v) is 6.68. The summed E-state index contributed by atoms with van der Waals surface area (Å²) in [6.07, 6.45) is 0. The van der Waals surface area contributed by atoms with E-state index in [1.165, 1.54) is 23.1 Å². The van der Waals surface area contributed by atoms with Gasteiger partial charge >= 0.3 is 0 Å². The van der Waals surface area contributed by atoms with Gasteiger partial charge in [0.2, 0.25) is 5.91 Å². The summed E-state index contributed by atoms with van der Waals surface area (Å²) in [5.41, 5.74) is 2.57. The molecule has 3 rings (SSSR count). The Kier molecular flexibility index (Phi) is 5.93. The highest BCUT2D eigenvalue weighted by Crippen LogP contribution is 2.28. The summed E-state index contributed by atoms with van der Waals surface area (Å²) in [6, 6.07) is 5.32. The van der Waals surface area contributed by atoms with E-state index >= 15 is 0 Å². The maximum absolute atomic E-state index is 12.8. The number of amides is 1. The molecule has 0 fully saturated rings. The molecule has 5 nitrogen and oxygen atoms in total. The molecule has 0 radical (unpaired) electrons. The number of hydrogen-bond donors (Lipinski definition) is 1. The Bertz CT molecular complexity index is 1090. The first kappa shape index (κ1) is 19.9. The molecule has 0 bridgehead atoms. The van der Waals surface area contributed by atoms with E-state index in [-0.39, 0.29) is 17.2 Å². The molecular formula is C19H20ClN3O2S2. The number of rotatable bonds is 5. The van der Waals surface area contributed by atoms with E-state index in [4.69, 9.17) is 11.6 Å². The predicted octanol–water partition coefficient (Wildman–Crippen LogP) is 4.79. The molecule has 8 heteroatoms. The van der Waals surface area contributed by atoms with Crippen LogP contribution in [0.4, 0.5) is 5.69 Å². The van der Waals surface area contributed by atoms with Gasteiger partial charge in [-0.2, -0.15) is 0 Å². The van der Waals surface area contributed by atoms with Gasteiger partial charge < -0.3 is 5.32 Å². The maximum Gasteiger partial charge on any atom is 0.263 e. The average molecular weight is 422 g/mol. The number of nitrogens with zero attached hydrogens (tertiary/aromatic N) is 2. The van der Waals surface area contributed by atoms with Gasteiger partial charge in [0.05, 0.1) is 11.1 Å². The quantitative estimate of drug-likeness (QED) is 0.475. The Morgan fingerprint density at radius 3 is 2.74 bits per heavy atom. The highest BCUT2D eigenvalue weighted by Gasteiger charge is 2.17. The number of aromatic nitrogens is 2. The van der Waals surface area contributed by atoms with Gasteiger partial charge in [-0.25, -0.2) is 4.98 Å². The van der Waals surface area contributed by atoms with Crippen LogP contribution in [0.1, 0.15) is 22.9 Å². The van der Waals surface area contributed by atoms with Crippen LogP contribution in [0.25, 0.3) is 10.2 Å². The third kappa shape index (κ3) is 4.05. The van der Waals surface area contributed by atoms with E-state index in [1.807, 2.05) is 27.7 Å². The number of carbonyl (C=O) groups excluding carboxylic acids is 1. The normalized spacial score (nSPS) is 11.1. The number of anilines is 1. The van der Waals surface area contributed by atoms with Gasteiger partial charge in [0.1, 0.15) is 4.83 Å². The fraction of sp³-hybridized carbons (Fsp3) is 0.316. The van der Waals surface area contributed by atoms with Crippen molar-refractivity contribution in [3.63, 3.8) is 0 Å². The molecule has 0 saturated carbocycles. The Labute approximate surface area is 170 Å². The van der Waals surface area contributed by atoms with Crippen molar-refractivity contribution in [3.8, 4) is 0 Å². The molecule has 1 N–H and O–H groups in total. The lowest BCUT2D eigenvalue weighted by molar-refractivity contribution is -0.113. The van der Waals surface area contributed by atoms with Gasteiger partial charge in [0, 0.05) is 22.1 Å². The standard InChI is InChI=1S/C19H20ClN3O2S2/c1-5-23-18(25)16-11(3)12(4)27-17(16)22-19(23)26-9-15(24)21-14-7-6-13(20)8-10(14)2/h6-8H,5,9H2,1-4H3,(H,21,24). The van der Waals surface area contributed by atoms with Crippen LogP contribution in [0.5, 0.6) is 0 Å². The van der Waals surface area contributed by atoms with Gasteiger partial charge in [0.15, 0.2) is 5.16 Å². The molecule has 1 aromatic carbocycles. The van der Waals surface area contributed by atoms with E-state index < -0.39 is 0 Å². The van der Waals surface area contributed by atoms with Gasteiger partial charge in [0.25, 0.3) is 5.56 Å². The molecule has 0 aliphatic heterocycles. The number of benzene rings is 1. The lowest BCUT2D eigenvalue weighted by Crippen LogP contribution is -2.23. The molecule has 0 spiro atoms. The third-order valence-electron chi connectivity index (χ3n) is 4.36. The number of fused-ring (bicyclic) bond motifs is 1. The monoisotopic (exact) mass is 421 g/mol. The Hall–Kier alpha value is -1.83. The van der Waals surface area contributed by atoms with Crippen molar-refractivity contribution in [2.24, 2.45) is 0 Å². The number of halogens is 1. The molecule has 0 saturated heterocycles. The largest absolute Gasteiger partial charge is 0.325 e. The number of aryl methyl sites for hydroxylation is 3. The molecule has 0 aliphatic rings. The molecule has 142 valence electrons. The van der Waals surface area contributed by atoms with Crippen molar-refractivity contribution in [3.05, 3.63) is 49.6 Å². The van der Waals surface area contributed by atoms with E-state index in [0.29, 0.717) is 22.1 Å². The zero-order valence-corrected chi connectivity index (χ0v) is 17.9. The fourth-order valence-corrected chi connectivity index (χ4v) is 4.94. The van der Waals surface area contributed by atoms with Crippen LogP contribution in [-0.2, 0) is 11.3 Å². The summed E-state index contributed by atoms with van der Waals surface area (Å²) in [5.74, 6) is 0.0181. The number of nitrogens with one attached hydrogen (secondary N) is 1. The molecule has 0 aliphatic carbocycles. The predicted molar refractivity (Wildman–Crippen MR) is 115 cm³/mol. The summed E-state index contributed by atoms with van der Waals surface area (Å²) in [4.78, 5) is 31.7. The van der Waals surface area contributed by atoms with E-state index in [1.54, 1.807) is 22.8 Å². The number of thioether (sulfide) groups is 1. The minimum absolute atomic E-state index is 0.0409. The SMILES string of the molecule is CCn1c(SCC(=O)Nc2ccc(Cl)cc2C)nc2sc(C)c(C)c2c1=O. The fourth-order valence-electron chi connectivity index (χ4n) is 2.78. The summed E-state index contributed by atoms with van der Waals surface area (Å²) in [7, 11) is 0. The van der Waals surface area contributed by atoms with E-state index in [2.05, 4.69) is 10.3 Å². The minimum atomic E-state index is -0.152. The summed E-state index contributed by atoms with van der Waals surface area (Å²) in [5, 5.41) is 4.76. The zero-order valence-electron chi connectivity index (χ0n) is 15.6. The first-order valence-corrected chi connectivity index (χ1v) is 10.7. The van der Waals surface area contributed by atoms with E-state index in [9.17, 15) is 9.59 Å². The average Bonchev–Trinajstić information content (AvgIpc) is 2.90. The Balaban J connectivity index is 1.82. The summed E-state index contributed by atoms with van der Waals surface area (Å²) >= 11 is 8.74. The molecule has 0 unspecified atom stereocenters. The molecule has 1 amide bonds. The lowest BCUT2D eigenvalue weighted by Gasteiger charge is -2.11. The van der Waals surface area contributed by atoms with Crippen molar-refractivity contribution >= 4 is 56.5 Å². The van der Waals surface area contributed by atoms with Gasteiger partial charge in [-0.1, -0.05) is 23.4 Å². The molecule has 2 heterocycles. The molecule has 0 atom stereocenters. The Morgan fingerprint density at radius 2 is 2.07 bits per heavy atom. The first-order valence-electron chi connectivity index (χ1n) is 8.51. The Morgan fingerprint density at radius 1 is 1.33 bits per heavy atom. The van der Waals surface area contributed by atoms with Crippen molar-refractivity contribution in [1.29, 1.82) is 0 Å². The minimum Gasteiger partial charge on any atom is -0.325 e. The van der Waals surface area contributed by atoms with E-state index in [0.717, 1.165) is 26.5 Å². The van der Waals surface area contributed by atoms with Crippen molar-refractivity contribution < 1.29 is 4.79 Å². The molecular weight excluding hydrogens is 402 g/mol. The number of carbonyl (C=O) groups is 1. The topological polar surface area (TPSA) is 64.0 Å². The zero-order chi connectivity index (χ0) is 19.7. The molecule has 27 heavy (non-hydrogen) atoms. The number of hydrogen-bond acceptors (Lipinski definition) is 5. The first-order chi connectivity index (χ1) is 12.8.